The highest BCUT2D eigenvalue weighted by Crippen LogP contribution is 2.36. The number of esters is 1. The number of cyclic esters (lactones) is 1. The molecule has 2 heterocycles. The molecule has 3 rings (SSSR count). The Hall–Kier alpha value is -1.84. The second kappa shape index (κ2) is 6.11. The Morgan fingerprint density at radius 3 is 2.95 bits per heavy atom. The van der Waals surface area contributed by atoms with E-state index >= 15 is 0 Å². The predicted octanol–water partition coefficient (Wildman–Crippen LogP) is 3.11. The molecule has 0 N–H and O–H groups in total. The Kier molecular flexibility index (Phi) is 4.19. The van der Waals surface area contributed by atoms with Gasteiger partial charge in [-0.1, -0.05) is 6.92 Å². The first-order chi connectivity index (χ1) is 10.6. The highest BCUT2D eigenvalue weighted by atomic mass is 16.5. The van der Waals surface area contributed by atoms with Gasteiger partial charge >= 0.3 is 5.97 Å². The molecular formula is C18H23NO3. The van der Waals surface area contributed by atoms with E-state index in [0.717, 1.165) is 50.8 Å². The highest BCUT2D eigenvalue weighted by molar-refractivity contribution is 6.00. The summed E-state index contributed by atoms with van der Waals surface area (Å²) in [5.41, 5.74) is 3.04. The molecule has 0 aromatic heterocycles. The zero-order chi connectivity index (χ0) is 15.7. The van der Waals surface area contributed by atoms with Crippen LogP contribution in [-0.2, 0) is 14.3 Å². The number of carbonyl (C=O) groups is 2. The van der Waals surface area contributed by atoms with Gasteiger partial charge in [0.1, 0.15) is 5.76 Å². The smallest absolute Gasteiger partial charge is 0.339 e. The summed E-state index contributed by atoms with van der Waals surface area (Å²) in [5, 5.41) is 0. The molecule has 0 aromatic carbocycles. The second-order valence-corrected chi connectivity index (χ2v) is 6.45. The summed E-state index contributed by atoms with van der Waals surface area (Å²) in [5.74, 6) is 0.959. The van der Waals surface area contributed by atoms with E-state index in [1.54, 1.807) is 13.0 Å². The van der Waals surface area contributed by atoms with E-state index < -0.39 is 0 Å². The molecule has 1 aliphatic carbocycles. The molecule has 118 valence electrons. The first-order valence-corrected chi connectivity index (χ1v) is 8.18. The van der Waals surface area contributed by atoms with Gasteiger partial charge in [-0.15, -0.1) is 0 Å². The van der Waals surface area contributed by atoms with Gasteiger partial charge in [0.05, 0.1) is 0 Å². The largest absolute Gasteiger partial charge is 0.424 e. The van der Waals surface area contributed by atoms with Gasteiger partial charge in [-0.25, -0.2) is 4.79 Å². The fraction of sp³-hybridized carbons (Fsp3) is 0.556. The van der Waals surface area contributed by atoms with Crippen LogP contribution < -0.4 is 0 Å². The summed E-state index contributed by atoms with van der Waals surface area (Å²) in [6.45, 7) is 5.83. The van der Waals surface area contributed by atoms with Crippen molar-refractivity contribution in [3.8, 4) is 0 Å². The van der Waals surface area contributed by atoms with Crippen LogP contribution in [-0.4, -0.2) is 29.7 Å². The summed E-state index contributed by atoms with van der Waals surface area (Å²) < 4.78 is 5.13. The van der Waals surface area contributed by atoms with Gasteiger partial charge in [-0.3, -0.25) is 4.79 Å². The minimum absolute atomic E-state index is 0.165. The maximum atomic E-state index is 12.1. The molecule has 0 bridgehead atoms. The molecule has 4 nitrogen and oxygen atoms in total. The molecule has 22 heavy (non-hydrogen) atoms. The van der Waals surface area contributed by atoms with Crippen LogP contribution in [0.1, 0.15) is 46.0 Å². The van der Waals surface area contributed by atoms with Crippen LogP contribution in [0.3, 0.4) is 0 Å². The molecule has 4 heteroatoms. The lowest BCUT2D eigenvalue weighted by Crippen LogP contribution is -2.29. The lowest BCUT2D eigenvalue weighted by Gasteiger charge is -2.30. The molecular weight excluding hydrogens is 278 g/mol. The van der Waals surface area contributed by atoms with Crippen molar-refractivity contribution in [2.45, 2.75) is 46.0 Å². The van der Waals surface area contributed by atoms with E-state index in [9.17, 15) is 9.59 Å². The Labute approximate surface area is 131 Å². The molecule has 0 aromatic rings. The molecule has 3 aliphatic rings. The zero-order valence-electron chi connectivity index (χ0n) is 13.4. The van der Waals surface area contributed by atoms with Crippen LogP contribution in [0.25, 0.3) is 0 Å². The topological polar surface area (TPSA) is 46.6 Å². The average molecular weight is 301 g/mol. The van der Waals surface area contributed by atoms with Crippen molar-refractivity contribution in [3.05, 3.63) is 34.8 Å². The Morgan fingerprint density at radius 1 is 1.41 bits per heavy atom. The van der Waals surface area contributed by atoms with Gasteiger partial charge in [-0.2, -0.15) is 0 Å². The van der Waals surface area contributed by atoms with E-state index in [4.69, 9.17) is 4.74 Å². The van der Waals surface area contributed by atoms with Crippen LogP contribution in [0.2, 0.25) is 0 Å². The Morgan fingerprint density at radius 2 is 2.23 bits per heavy atom. The van der Waals surface area contributed by atoms with Crippen LogP contribution >= 0.6 is 0 Å². The number of hydrogen-bond donors (Lipinski definition) is 0. The fourth-order valence-electron chi connectivity index (χ4n) is 3.48. The molecule has 2 aliphatic heterocycles. The Bertz CT molecular complexity index is 597. The van der Waals surface area contributed by atoms with Gasteiger partial charge in [-0.05, 0) is 51.2 Å². The third kappa shape index (κ3) is 2.87. The molecule has 1 unspecified atom stereocenters. The molecule has 0 spiro atoms. The number of unbranched alkanes of at least 4 members (excludes halogenated alkanes) is 1. The molecule has 0 fully saturated rings. The van der Waals surface area contributed by atoms with E-state index in [1.807, 2.05) is 13.0 Å². The number of Topliss-reactive ketones (excluding diaryl/α,β-unsaturated/α-hetero) is 1. The summed E-state index contributed by atoms with van der Waals surface area (Å²) in [6.07, 6.45) is 8.62. The fourth-order valence-corrected chi connectivity index (χ4v) is 3.48. The SMILES string of the molecule is CC1=C/C(=C\CCCN2CCCC3=C2CC(C)C3=O)OC1=O. The monoisotopic (exact) mass is 301 g/mol. The van der Waals surface area contributed by atoms with Crippen LogP contribution in [0, 0.1) is 5.92 Å². The van der Waals surface area contributed by atoms with Gasteiger partial charge in [0.2, 0.25) is 0 Å². The van der Waals surface area contributed by atoms with Crippen molar-refractivity contribution < 1.29 is 14.3 Å². The van der Waals surface area contributed by atoms with Crippen LogP contribution in [0.4, 0.5) is 0 Å². The quantitative estimate of drug-likeness (QED) is 0.591. The number of rotatable bonds is 4. The van der Waals surface area contributed by atoms with Crippen molar-refractivity contribution in [2.24, 2.45) is 5.92 Å². The van der Waals surface area contributed by atoms with Crippen molar-refractivity contribution in [1.82, 2.24) is 4.90 Å². The summed E-state index contributed by atoms with van der Waals surface area (Å²) >= 11 is 0. The van der Waals surface area contributed by atoms with Crippen molar-refractivity contribution in [3.63, 3.8) is 0 Å². The summed E-state index contributed by atoms with van der Waals surface area (Å²) in [6, 6.07) is 0. The number of allylic oxidation sites excluding steroid dienone is 4. The maximum Gasteiger partial charge on any atom is 0.339 e. The van der Waals surface area contributed by atoms with Gasteiger partial charge in [0.15, 0.2) is 5.78 Å². The number of hydrogen-bond acceptors (Lipinski definition) is 4. The standard InChI is InChI=1S/C18H23NO3/c1-12-11-16-15(17(12)20)7-5-9-19(16)8-4-3-6-14-10-13(2)18(21)22-14/h6,10,12H,3-5,7-9,11H2,1-2H3/b14-6+. The number of nitrogens with zero attached hydrogens (tertiary/aromatic N) is 1. The molecule has 0 saturated carbocycles. The van der Waals surface area contributed by atoms with Gasteiger partial charge in [0, 0.05) is 35.9 Å². The summed E-state index contributed by atoms with van der Waals surface area (Å²) in [7, 11) is 0. The van der Waals surface area contributed by atoms with Crippen molar-refractivity contribution >= 4 is 11.8 Å². The predicted molar refractivity (Wildman–Crippen MR) is 83.8 cm³/mol. The molecule has 0 saturated heterocycles. The normalized spacial score (nSPS) is 26.6. The number of carbonyl (C=O) groups excluding carboxylic acids is 2. The van der Waals surface area contributed by atoms with E-state index in [0.29, 0.717) is 17.1 Å². The van der Waals surface area contributed by atoms with Gasteiger partial charge in [0.25, 0.3) is 0 Å². The van der Waals surface area contributed by atoms with Crippen LogP contribution in [0.15, 0.2) is 34.8 Å². The van der Waals surface area contributed by atoms with Crippen molar-refractivity contribution in [2.75, 3.05) is 13.1 Å². The highest BCUT2D eigenvalue weighted by Gasteiger charge is 2.34. The molecule has 0 amide bonds. The average Bonchev–Trinajstić information content (AvgIpc) is 2.97. The zero-order valence-corrected chi connectivity index (χ0v) is 13.4. The first-order valence-electron chi connectivity index (χ1n) is 8.18. The lowest BCUT2D eigenvalue weighted by atomic mass is 10.0. The maximum absolute atomic E-state index is 12.1. The van der Waals surface area contributed by atoms with E-state index in [1.165, 1.54) is 5.70 Å². The van der Waals surface area contributed by atoms with Crippen LogP contribution in [0.5, 0.6) is 0 Å². The third-order valence-electron chi connectivity index (χ3n) is 4.70. The van der Waals surface area contributed by atoms with E-state index in [-0.39, 0.29) is 11.9 Å². The second-order valence-electron chi connectivity index (χ2n) is 6.45. The minimum Gasteiger partial charge on any atom is -0.424 e. The van der Waals surface area contributed by atoms with Gasteiger partial charge < -0.3 is 9.64 Å². The number of ketones is 1. The third-order valence-corrected chi connectivity index (χ3v) is 4.70. The first kappa shape index (κ1) is 15.1. The minimum atomic E-state index is -0.240. The van der Waals surface area contributed by atoms with E-state index in [2.05, 4.69) is 4.90 Å². The molecule has 0 radical (unpaired) electrons. The summed E-state index contributed by atoms with van der Waals surface area (Å²) in [4.78, 5) is 25.8. The lowest BCUT2D eigenvalue weighted by molar-refractivity contribution is -0.133. The Balaban J connectivity index is 1.53. The van der Waals surface area contributed by atoms with Crippen molar-refractivity contribution in [1.29, 1.82) is 0 Å². The number of ether oxygens (including phenoxy) is 1. The molecule has 1 atom stereocenters.